The number of rotatable bonds is 4. The average molecular weight is 223 g/mol. The lowest BCUT2D eigenvalue weighted by Gasteiger charge is -2.06. The number of hydrogen-bond acceptors (Lipinski definition) is 3. The largest absolute Gasteiger partial charge is 0.377 e. The third-order valence-electron chi connectivity index (χ3n) is 1.87. The second kappa shape index (κ2) is 5.83. The Hall–Kier alpha value is -1.93. The summed E-state index contributed by atoms with van der Waals surface area (Å²) in [5, 5.41) is 11.1. The standard InChI is InChI=1S/C11H11F2N3/c12-9-5-8(7-15)6-10(13)11(9)16-4-2-1-3-14/h1-2,5-6,16H,3-4,14H2/b2-1+. The molecule has 16 heavy (non-hydrogen) atoms. The molecule has 0 radical (unpaired) electrons. The monoisotopic (exact) mass is 223 g/mol. The maximum Gasteiger partial charge on any atom is 0.150 e. The van der Waals surface area contributed by atoms with Gasteiger partial charge in [-0.2, -0.15) is 5.26 Å². The fraction of sp³-hybridized carbons (Fsp3) is 0.182. The van der Waals surface area contributed by atoms with Gasteiger partial charge in [-0.1, -0.05) is 12.2 Å². The highest BCUT2D eigenvalue weighted by molar-refractivity contribution is 5.50. The molecule has 0 unspecified atom stereocenters. The minimum atomic E-state index is -0.780. The molecule has 0 heterocycles. The van der Waals surface area contributed by atoms with Gasteiger partial charge in [0.1, 0.15) is 5.69 Å². The summed E-state index contributed by atoms with van der Waals surface area (Å²) in [4.78, 5) is 0. The van der Waals surface area contributed by atoms with Crippen LogP contribution in [-0.2, 0) is 0 Å². The van der Waals surface area contributed by atoms with Crippen molar-refractivity contribution in [2.45, 2.75) is 0 Å². The lowest BCUT2D eigenvalue weighted by molar-refractivity contribution is 0.588. The molecular weight excluding hydrogens is 212 g/mol. The lowest BCUT2D eigenvalue weighted by Crippen LogP contribution is -2.04. The van der Waals surface area contributed by atoms with Gasteiger partial charge in [0.05, 0.1) is 11.6 Å². The van der Waals surface area contributed by atoms with Crippen LogP contribution in [0.4, 0.5) is 14.5 Å². The maximum absolute atomic E-state index is 13.3. The molecule has 3 N–H and O–H groups in total. The van der Waals surface area contributed by atoms with E-state index in [-0.39, 0.29) is 17.8 Å². The van der Waals surface area contributed by atoms with E-state index in [2.05, 4.69) is 5.32 Å². The Kier molecular flexibility index (Phi) is 4.42. The van der Waals surface area contributed by atoms with Crippen LogP contribution >= 0.6 is 0 Å². The summed E-state index contributed by atoms with van der Waals surface area (Å²) in [6, 6.07) is 3.64. The Morgan fingerprint density at radius 2 is 1.94 bits per heavy atom. The summed E-state index contributed by atoms with van der Waals surface area (Å²) in [6.45, 7) is 0.650. The van der Waals surface area contributed by atoms with Gasteiger partial charge in [-0.15, -0.1) is 0 Å². The molecule has 0 aromatic heterocycles. The maximum atomic E-state index is 13.3. The fourth-order valence-corrected chi connectivity index (χ4v) is 1.15. The summed E-state index contributed by atoms with van der Waals surface area (Å²) in [6.07, 6.45) is 3.34. The molecule has 0 fully saturated rings. The van der Waals surface area contributed by atoms with Crippen LogP contribution in [0.15, 0.2) is 24.3 Å². The van der Waals surface area contributed by atoms with Crippen molar-refractivity contribution < 1.29 is 8.78 Å². The van der Waals surface area contributed by atoms with E-state index in [0.717, 1.165) is 12.1 Å². The van der Waals surface area contributed by atoms with Crippen molar-refractivity contribution >= 4 is 5.69 Å². The first kappa shape index (κ1) is 12.1. The number of anilines is 1. The van der Waals surface area contributed by atoms with Crippen LogP contribution in [0.3, 0.4) is 0 Å². The van der Waals surface area contributed by atoms with Crippen LogP contribution < -0.4 is 11.1 Å². The van der Waals surface area contributed by atoms with Crippen molar-refractivity contribution in [1.82, 2.24) is 0 Å². The third kappa shape index (κ3) is 3.04. The number of halogens is 2. The zero-order valence-corrected chi connectivity index (χ0v) is 8.50. The summed E-state index contributed by atoms with van der Waals surface area (Å²) < 4.78 is 26.6. The van der Waals surface area contributed by atoms with Crippen LogP contribution in [-0.4, -0.2) is 13.1 Å². The smallest absolute Gasteiger partial charge is 0.150 e. The number of hydrogen-bond donors (Lipinski definition) is 2. The summed E-state index contributed by atoms with van der Waals surface area (Å²) in [7, 11) is 0. The minimum Gasteiger partial charge on any atom is -0.377 e. The molecule has 0 saturated carbocycles. The number of benzene rings is 1. The van der Waals surface area contributed by atoms with E-state index in [1.165, 1.54) is 0 Å². The van der Waals surface area contributed by atoms with Crippen LogP contribution in [0.25, 0.3) is 0 Å². The van der Waals surface area contributed by atoms with Crippen molar-refractivity contribution in [1.29, 1.82) is 5.26 Å². The summed E-state index contributed by atoms with van der Waals surface area (Å²) in [5.74, 6) is -1.56. The van der Waals surface area contributed by atoms with Gasteiger partial charge >= 0.3 is 0 Å². The molecule has 0 atom stereocenters. The SMILES string of the molecule is N#Cc1cc(F)c(NC/C=C/CN)c(F)c1. The average Bonchev–Trinajstić information content (AvgIpc) is 2.26. The Morgan fingerprint density at radius 1 is 1.31 bits per heavy atom. The van der Waals surface area contributed by atoms with Gasteiger partial charge < -0.3 is 11.1 Å². The summed E-state index contributed by atoms with van der Waals surface area (Å²) >= 11 is 0. The molecule has 0 aliphatic carbocycles. The first-order chi connectivity index (χ1) is 7.69. The molecule has 0 aliphatic rings. The predicted octanol–water partition coefficient (Wildman–Crippen LogP) is 1.76. The molecular formula is C11H11F2N3. The van der Waals surface area contributed by atoms with E-state index in [1.54, 1.807) is 18.2 Å². The second-order valence-electron chi connectivity index (χ2n) is 3.01. The molecule has 0 amide bonds. The van der Waals surface area contributed by atoms with E-state index in [9.17, 15) is 8.78 Å². The van der Waals surface area contributed by atoms with Crippen LogP contribution in [0.5, 0.6) is 0 Å². The van der Waals surface area contributed by atoms with Crippen molar-refractivity contribution in [2.75, 3.05) is 18.4 Å². The molecule has 1 aromatic rings. The normalized spacial score (nSPS) is 10.4. The van der Waals surface area contributed by atoms with Gasteiger partial charge in [0.2, 0.25) is 0 Å². The molecule has 1 aromatic carbocycles. The second-order valence-corrected chi connectivity index (χ2v) is 3.01. The Bertz CT molecular complexity index is 412. The van der Waals surface area contributed by atoms with Crippen LogP contribution in [0.1, 0.15) is 5.56 Å². The van der Waals surface area contributed by atoms with E-state index >= 15 is 0 Å². The lowest BCUT2D eigenvalue weighted by atomic mass is 10.2. The highest BCUT2D eigenvalue weighted by Gasteiger charge is 2.09. The van der Waals surface area contributed by atoms with Crippen LogP contribution in [0, 0.1) is 23.0 Å². The highest BCUT2D eigenvalue weighted by Crippen LogP contribution is 2.20. The van der Waals surface area contributed by atoms with E-state index < -0.39 is 11.6 Å². The van der Waals surface area contributed by atoms with E-state index in [4.69, 9.17) is 11.0 Å². The molecule has 0 spiro atoms. The van der Waals surface area contributed by atoms with Crippen molar-refractivity contribution in [3.8, 4) is 6.07 Å². The van der Waals surface area contributed by atoms with Crippen LogP contribution in [0.2, 0.25) is 0 Å². The number of nitrogens with two attached hydrogens (primary N) is 1. The molecule has 0 saturated heterocycles. The van der Waals surface area contributed by atoms with Crippen molar-refractivity contribution in [3.63, 3.8) is 0 Å². The number of nitrogens with one attached hydrogen (secondary N) is 1. The van der Waals surface area contributed by atoms with Gasteiger partial charge in [-0.05, 0) is 12.1 Å². The van der Waals surface area contributed by atoms with Crippen molar-refractivity contribution in [3.05, 3.63) is 41.5 Å². The molecule has 3 nitrogen and oxygen atoms in total. The first-order valence-corrected chi connectivity index (χ1v) is 4.67. The molecule has 0 bridgehead atoms. The highest BCUT2D eigenvalue weighted by atomic mass is 19.1. The Balaban J connectivity index is 2.81. The minimum absolute atomic E-state index is 0.0435. The Morgan fingerprint density at radius 3 is 2.44 bits per heavy atom. The molecule has 1 rings (SSSR count). The van der Waals surface area contributed by atoms with Gasteiger partial charge in [0.15, 0.2) is 11.6 Å². The third-order valence-corrected chi connectivity index (χ3v) is 1.87. The van der Waals surface area contributed by atoms with Gasteiger partial charge in [0.25, 0.3) is 0 Å². The zero-order chi connectivity index (χ0) is 12.0. The first-order valence-electron chi connectivity index (χ1n) is 4.67. The van der Waals surface area contributed by atoms with Gasteiger partial charge in [0, 0.05) is 13.1 Å². The molecule has 84 valence electrons. The quantitative estimate of drug-likeness (QED) is 0.764. The number of nitrogens with zero attached hydrogens (tertiary/aromatic N) is 1. The van der Waals surface area contributed by atoms with Gasteiger partial charge in [-0.3, -0.25) is 0 Å². The molecule has 0 aliphatic heterocycles. The summed E-state index contributed by atoms with van der Waals surface area (Å²) in [5.41, 5.74) is 4.93. The Labute approximate surface area is 92.2 Å². The van der Waals surface area contributed by atoms with Crippen molar-refractivity contribution in [2.24, 2.45) is 5.73 Å². The fourth-order valence-electron chi connectivity index (χ4n) is 1.15. The zero-order valence-electron chi connectivity index (χ0n) is 8.50. The number of nitriles is 1. The van der Waals surface area contributed by atoms with Gasteiger partial charge in [-0.25, -0.2) is 8.78 Å². The van der Waals surface area contributed by atoms with E-state index in [0.29, 0.717) is 6.54 Å². The molecule has 5 heteroatoms. The topological polar surface area (TPSA) is 61.8 Å². The van der Waals surface area contributed by atoms with E-state index in [1.807, 2.05) is 0 Å². The predicted molar refractivity (Wildman–Crippen MR) is 57.8 cm³/mol.